The Balaban J connectivity index is 2.08. The Kier molecular flexibility index (Phi) is 7.68. The molecule has 0 aliphatic heterocycles. The van der Waals surface area contributed by atoms with Crippen LogP contribution in [0, 0.1) is 0 Å². The molecule has 0 unspecified atom stereocenters. The third-order valence-electron chi connectivity index (χ3n) is 3.86. The van der Waals surface area contributed by atoms with Gasteiger partial charge in [0.25, 0.3) is 0 Å². The Hall–Kier alpha value is -1.63. The van der Waals surface area contributed by atoms with Crippen molar-refractivity contribution in [3.8, 4) is 0 Å². The number of carbonyl (C=O) groups excluding carboxylic acids is 1. The predicted molar refractivity (Wildman–Crippen MR) is 95.0 cm³/mol. The Bertz CT molecular complexity index is 694. The minimum atomic E-state index is -0.197. The second-order valence-corrected chi connectivity index (χ2v) is 6.69. The largest absolute Gasteiger partial charge is 0.425 e. The van der Waals surface area contributed by atoms with E-state index < -0.39 is 0 Å². The summed E-state index contributed by atoms with van der Waals surface area (Å²) in [5, 5.41) is 19.2. The minimum absolute atomic E-state index is 0.127. The fraction of sp³-hybridized carbons (Fsp3) is 0.471. The minimum Gasteiger partial charge on any atom is -0.425 e. The highest BCUT2D eigenvalue weighted by Crippen LogP contribution is 2.25. The normalized spacial score (nSPS) is 12.2. The molecule has 1 aromatic carbocycles. The van der Waals surface area contributed by atoms with Gasteiger partial charge in [-0.25, -0.2) is 5.06 Å². The van der Waals surface area contributed by atoms with Gasteiger partial charge in [-0.15, -0.1) is 10.2 Å². The highest BCUT2D eigenvalue weighted by atomic mass is 35.5. The topological polar surface area (TPSA) is 79.5 Å². The molecule has 1 atom stereocenters. The van der Waals surface area contributed by atoms with Crippen LogP contribution in [0.15, 0.2) is 22.6 Å². The molecule has 1 amide bonds. The van der Waals surface area contributed by atoms with Crippen LogP contribution in [0.4, 0.5) is 0 Å². The van der Waals surface area contributed by atoms with Crippen molar-refractivity contribution in [3.05, 3.63) is 45.6 Å². The summed E-state index contributed by atoms with van der Waals surface area (Å²) in [6, 6.07) is 5.32. The highest BCUT2D eigenvalue weighted by Gasteiger charge is 2.21. The lowest BCUT2D eigenvalue weighted by molar-refractivity contribution is -0.151. The number of benzene rings is 1. The lowest BCUT2D eigenvalue weighted by Crippen LogP contribution is -2.24. The number of nitrogens with zero attached hydrogens (tertiary/aromatic N) is 3. The first-order valence-corrected chi connectivity index (χ1v) is 8.96. The summed E-state index contributed by atoms with van der Waals surface area (Å²) < 4.78 is 5.74. The molecular formula is C17H21Cl2N3O3. The molecule has 8 heteroatoms. The monoisotopic (exact) mass is 385 g/mol. The standard InChI is InChI=1S/C17H21Cl2N3O3/c1-2-3-4-5-13(10-22(24)11-23)17-21-20-16(25-17)9-12-6-7-14(18)15(19)8-12/h6-8,11,13,24H,2-5,9-10H2,1H3/t13-/m0/s1. The van der Waals surface area contributed by atoms with E-state index in [1.165, 1.54) is 0 Å². The SMILES string of the molecule is CCCCC[C@@H](CN(O)C=O)c1nnc(Cc2ccc(Cl)c(Cl)c2)o1. The zero-order chi connectivity index (χ0) is 18.2. The average Bonchev–Trinajstić information content (AvgIpc) is 3.05. The maximum atomic E-state index is 10.7. The van der Waals surface area contributed by atoms with Crippen molar-refractivity contribution in [2.45, 2.75) is 44.9 Å². The second-order valence-electron chi connectivity index (χ2n) is 5.88. The lowest BCUT2D eigenvalue weighted by atomic mass is 10.0. The van der Waals surface area contributed by atoms with E-state index in [0.717, 1.165) is 31.2 Å². The van der Waals surface area contributed by atoms with E-state index >= 15 is 0 Å². The molecule has 0 aliphatic rings. The van der Waals surface area contributed by atoms with Gasteiger partial charge >= 0.3 is 0 Å². The highest BCUT2D eigenvalue weighted by molar-refractivity contribution is 6.42. The second kappa shape index (κ2) is 9.75. The molecule has 0 saturated heterocycles. The molecule has 25 heavy (non-hydrogen) atoms. The molecule has 0 spiro atoms. The number of halogens is 2. The van der Waals surface area contributed by atoms with Crippen molar-refractivity contribution in [1.82, 2.24) is 15.3 Å². The van der Waals surface area contributed by atoms with Crippen molar-refractivity contribution in [2.24, 2.45) is 0 Å². The number of hydrogen-bond acceptors (Lipinski definition) is 5. The molecule has 2 rings (SSSR count). The number of aromatic nitrogens is 2. The molecule has 1 heterocycles. The first kappa shape index (κ1) is 19.7. The van der Waals surface area contributed by atoms with Gasteiger partial charge in [0.15, 0.2) is 0 Å². The van der Waals surface area contributed by atoms with Crippen LogP contribution in [0.25, 0.3) is 0 Å². The van der Waals surface area contributed by atoms with Gasteiger partial charge in [-0.3, -0.25) is 10.0 Å². The molecule has 2 aromatic rings. The van der Waals surface area contributed by atoms with E-state index in [4.69, 9.17) is 27.6 Å². The molecule has 136 valence electrons. The summed E-state index contributed by atoms with van der Waals surface area (Å²) in [5.41, 5.74) is 0.906. The summed E-state index contributed by atoms with van der Waals surface area (Å²) >= 11 is 11.9. The van der Waals surface area contributed by atoms with Crippen LogP contribution >= 0.6 is 23.2 Å². The Morgan fingerprint density at radius 3 is 2.76 bits per heavy atom. The van der Waals surface area contributed by atoms with Crippen LogP contribution in [-0.4, -0.2) is 33.4 Å². The van der Waals surface area contributed by atoms with E-state index in [-0.39, 0.29) is 12.5 Å². The van der Waals surface area contributed by atoms with Crippen LogP contribution < -0.4 is 0 Å². The molecule has 0 saturated carbocycles. The fourth-order valence-corrected chi connectivity index (χ4v) is 2.85. The number of carbonyl (C=O) groups is 1. The summed E-state index contributed by atoms with van der Waals surface area (Å²) in [4.78, 5) is 10.7. The van der Waals surface area contributed by atoms with E-state index in [9.17, 15) is 10.0 Å². The van der Waals surface area contributed by atoms with Crippen LogP contribution in [0.2, 0.25) is 10.0 Å². The van der Waals surface area contributed by atoms with Crippen LogP contribution in [0.3, 0.4) is 0 Å². The van der Waals surface area contributed by atoms with Gasteiger partial charge in [-0.2, -0.15) is 0 Å². The molecule has 1 aromatic heterocycles. The van der Waals surface area contributed by atoms with Gasteiger partial charge in [-0.1, -0.05) is 55.5 Å². The third-order valence-corrected chi connectivity index (χ3v) is 4.60. The number of amides is 1. The maximum absolute atomic E-state index is 10.7. The number of hydrogen-bond donors (Lipinski definition) is 1. The Morgan fingerprint density at radius 2 is 2.08 bits per heavy atom. The molecule has 0 fully saturated rings. The van der Waals surface area contributed by atoms with Crippen molar-refractivity contribution in [3.63, 3.8) is 0 Å². The van der Waals surface area contributed by atoms with Gasteiger partial charge in [0.1, 0.15) is 0 Å². The zero-order valence-corrected chi connectivity index (χ0v) is 15.5. The number of unbranched alkanes of at least 4 members (excludes halogenated alkanes) is 2. The van der Waals surface area contributed by atoms with Gasteiger partial charge in [0.05, 0.1) is 28.9 Å². The molecule has 1 N–H and O–H groups in total. The predicted octanol–water partition coefficient (Wildman–Crippen LogP) is 4.48. The quantitative estimate of drug-likeness (QED) is 0.282. The summed E-state index contributed by atoms with van der Waals surface area (Å²) in [6.45, 7) is 2.24. The van der Waals surface area contributed by atoms with Gasteiger partial charge in [0.2, 0.25) is 18.2 Å². The average molecular weight is 386 g/mol. The van der Waals surface area contributed by atoms with Gasteiger partial charge < -0.3 is 4.42 Å². The third kappa shape index (κ3) is 5.99. The van der Waals surface area contributed by atoms with E-state index in [1.807, 2.05) is 6.07 Å². The smallest absolute Gasteiger partial charge is 0.233 e. The molecule has 0 bridgehead atoms. The van der Waals surface area contributed by atoms with Crippen molar-refractivity contribution >= 4 is 29.6 Å². The van der Waals surface area contributed by atoms with E-state index in [0.29, 0.717) is 39.7 Å². The summed E-state index contributed by atoms with van der Waals surface area (Å²) in [7, 11) is 0. The lowest BCUT2D eigenvalue weighted by Gasteiger charge is -2.16. The Labute approximate surface area is 156 Å². The zero-order valence-electron chi connectivity index (χ0n) is 14.0. The van der Waals surface area contributed by atoms with Gasteiger partial charge in [-0.05, 0) is 24.1 Å². The molecule has 6 nitrogen and oxygen atoms in total. The first-order chi connectivity index (χ1) is 12.0. The molecular weight excluding hydrogens is 365 g/mol. The summed E-state index contributed by atoms with van der Waals surface area (Å²) in [6.07, 6.45) is 4.66. The molecule has 0 radical (unpaired) electrons. The van der Waals surface area contributed by atoms with E-state index in [1.54, 1.807) is 12.1 Å². The van der Waals surface area contributed by atoms with Gasteiger partial charge in [0, 0.05) is 0 Å². The van der Waals surface area contributed by atoms with Crippen LogP contribution in [0.5, 0.6) is 0 Å². The van der Waals surface area contributed by atoms with Crippen molar-refractivity contribution < 1.29 is 14.4 Å². The first-order valence-electron chi connectivity index (χ1n) is 8.20. The fourth-order valence-electron chi connectivity index (χ4n) is 2.53. The van der Waals surface area contributed by atoms with Crippen LogP contribution in [0.1, 0.15) is 55.9 Å². The van der Waals surface area contributed by atoms with Crippen molar-refractivity contribution in [1.29, 1.82) is 0 Å². The van der Waals surface area contributed by atoms with Crippen LogP contribution in [-0.2, 0) is 11.2 Å². The number of rotatable bonds is 10. The molecule has 0 aliphatic carbocycles. The summed E-state index contributed by atoms with van der Waals surface area (Å²) in [5.74, 6) is 0.674. The number of hydroxylamine groups is 2. The Morgan fingerprint density at radius 1 is 1.28 bits per heavy atom. The maximum Gasteiger partial charge on any atom is 0.233 e. The van der Waals surface area contributed by atoms with Crippen molar-refractivity contribution in [2.75, 3.05) is 6.54 Å². The van der Waals surface area contributed by atoms with E-state index in [2.05, 4.69) is 17.1 Å².